The van der Waals surface area contributed by atoms with Crippen LogP contribution in [-0.2, 0) is 16.1 Å². The Morgan fingerprint density at radius 1 is 1.09 bits per heavy atom. The SMILES string of the molecule is COC(=O)c1ccc(NC(=O)CSc2ncnc3c2nnn3Cc2ccc(F)cc2)cc1. The number of halogens is 1. The molecule has 0 atom stereocenters. The zero-order chi connectivity index (χ0) is 22.5. The van der Waals surface area contributed by atoms with Gasteiger partial charge in [0, 0.05) is 5.69 Å². The van der Waals surface area contributed by atoms with Crippen molar-refractivity contribution in [1.29, 1.82) is 0 Å². The number of carbonyl (C=O) groups is 2. The van der Waals surface area contributed by atoms with Gasteiger partial charge in [-0.15, -0.1) is 5.10 Å². The molecule has 1 N–H and O–H groups in total. The molecule has 32 heavy (non-hydrogen) atoms. The lowest BCUT2D eigenvalue weighted by Gasteiger charge is -2.06. The van der Waals surface area contributed by atoms with Gasteiger partial charge < -0.3 is 10.1 Å². The Kier molecular flexibility index (Phi) is 6.36. The molecule has 0 aliphatic carbocycles. The number of nitrogens with one attached hydrogen (secondary N) is 1. The molecule has 1 amide bonds. The fourth-order valence-electron chi connectivity index (χ4n) is 2.88. The number of fused-ring (bicyclic) bond motifs is 1. The van der Waals surface area contributed by atoms with Gasteiger partial charge in [0.15, 0.2) is 11.2 Å². The van der Waals surface area contributed by atoms with Crippen LogP contribution in [0.4, 0.5) is 10.1 Å². The van der Waals surface area contributed by atoms with E-state index in [2.05, 4.69) is 30.3 Å². The Morgan fingerprint density at radius 3 is 2.56 bits per heavy atom. The Bertz CT molecular complexity index is 1260. The van der Waals surface area contributed by atoms with Crippen LogP contribution in [-0.4, -0.2) is 49.7 Å². The molecule has 0 bridgehead atoms. The van der Waals surface area contributed by atoms with Crippen LogP contribution in [0, 0.1) is 5.82 Å². The quantitative estimate of drug-likeness (QED) is 0.259. The lowest BCUT2D eigenvalue weighted by Crippen LogP contribution is -2.14. The van der Waals surface area contributed by atoms with Crippen molar-refractivity contribution in [3.05, 3.63) is 71.8 Å². The van der Waals surface area contributed by atoms with Crippen molar-refractivity contribution in [3.63, 3.8) is 0 Å². The average Bonchev–Trinajstić information content (AvgIpc) is 3.22. The molecule has 9 nitrogen and oxygen atoms in total. The van der Waals surface area contributed by atoms with Crippen molar-refractivity contribution in [2.24, 2.45) is 0 Å². The highest BCUT2D eigenvalue weighted by Gasteiger charge is 2.14. The molecule has 0 fully saturated rings. The molecule has 0 unspecified atom stereocenters. The minimum atomic E-state index is -0.446. The monoisotopic (exact) mass is 452 g/mol. The molecule has 4 aromatic rings. The maximum absolute atomic E-state index is 13.1. The van der Waals surface area contributed by atoms with Crippen molar-refractivity contribution < 1.29 is 18.7 Å². The summed E-state index contributed by atoms with van der Waals surface area (Å²) >= 11 is 1.21. The molecule has 2 aromatic heterocycles. The maximum atomic E-state index is 13.1. The molecule has 0 saturated carbocycles. The molecule has 0 aliphatic rings. The van der Waals surface area contributed by atoms with Crippen molar-refractivity contribution in [3.8, 4) is 0 Å². The predicted molar refractivity (Wildman–Crippen MR) is 116 cm³/mol. The average molecular weight is 452 g/mol. The van der Waals surface area contributed by atoms with Crippen LogP contribution in [0.15, 0.2) is 59.9 Å². The first-order valence-corrected chi connectivity index (χ1v) is 10.4. The number of anilines is 1. The first-order valence-electron chi connectivity index (χ1n) is 9.43. The number of thioether (sulfide) groups is 1. The van der Waals surface area contributed by atoms with E-state index in [0.29, 0.717) is 34.0 Å². The first-order chi connectivity index (χ1) is 15.5. The largest absolute Gasteiger partial charge is 0.465 e. The van der Waals surface area contributed by atoms with Crippen molar-refractivity contribution in [2.75, 3.05) is 18.2 Å². The van der Waals surface area contributed by atoms with E-state index in [4.69, 9.17) is 0 Å². The van der Waals surface area contributed by atoms with Gasteiger partial charge >= 0.3 is 5.97 Å². The topological polar surface area (TPSA) is 112 Å². The van der Waals surface area contributed by atoms with Crippen LogP contribution in [0.2, 0.25) is 0 Å². The van der Waals surface area contributed by atoms with Crippen LogP contribution >= 0.6 is 11.8 Å². The van der Waals surface area contributed by atoms with E-state index in [9.17, 15) is 14.0 Å². The first kappa shape index (κ1) is 21.4. The van der Waals surface area contributed by atoms with Crippen LogP contribution in [0.25, 0.3) is 11.2 Å². The second-order valence-electron chi connectivity index (χ2n) is 6.63. The molecule has 0 spiro atoms. The molecule has 2 aromatic carbocycles. The summed E-state index contributed by atoms with van der Waals surface area (Å²) in [6, 6.07) is 12.5. The highest BCUT2D eigenvalue weighted by atomic mass is 32.2. The number of benzene rings is 2. The van der Waals surface area contributed by atoms with E-state index >= 15 is 0 Å². The van der Waals surface area contributed by atoms with Crippen LogP contribution < -0.4 is 5.32 Å². The molecular weight excluding hydrogens is 435 g/mol. The van der Waals surface area contributed by atoms with Crippen molar-refractivity contribution in [1.82, 2.24) is 25.0 Å². The molecule has 0 saturated heterocycles. The van der Waals surface area contributed by atoms with Gasteiger partial charge in [0.1, 0.15) is 17.2 Å². The summed E-state index contributed by atoms with van der Waals surface area (Å²) in [6.07, 6.45) is 1.39. The normalized spacial score (nSPS) is 10.8. The molecule has 0 radical (unpaired) electrons. The van der Waals surface area contributed by atoms with Gasteiger partial charge in [0.05, 0.1) is 25.0 Å². The number of hydrogen-bond acceptors (Lipinski definition) is 8. The zero-order valence-electron chi connectivity index (χ0n) is 16.9. The zero-order valence-corrected chi connectivity index (χ0v) is 17.7. The number of nitrogens with zero attached hydrogens (tertiary/aromatic N) is 5. The third kappa shape index (κ3) is 4.89. The van der Waals surface area contributed by atoms with E-state index in [1.165, 1.54) is 37.3 Å². The number of esters is 1. The smallest absolute Gasteiger partial charge is 0.337 e. The fourth-order valence-corrected chi connectivity index (χ4v) is 3.62. The summed E-state index contributed by atoms with van der Waals surface area (Å²) in [7, 11) is 1.31. The van der Waals surface area contributed by atoms with Gasteiger partial charge in [-0.1, -0.05) is 29.1 Å². The lowest BCUT2D eigenvalue weighted by atomic mass is 10.2. The third-order valence-corrected chi connectivity index (χ3v) is 5.42. The molecule has 2 heterocycles. The number of rotatable bonds is 7. The third-order valence-electron chi connectivity index (χ3n) is 4.44. The minimum absolute atomic E-state index is 0.0929. The van der Waals surface area contributed by atoms with E-state index in [-0.39, 0.29) is 17.5 Å². The maximum Gasteiger partial charge on any atom is 0.337 e. The van der Waals surface area contributed by atoms with Gasteiger partial charge in [-0.2, -0.15) is 0 Å². The van der Waals surface area contributed by atoms with E-state index < -0.39 is 5.97 Å². The molecule has 4 rings (SSSR count). The molecular formula is C21H17FN6O3S. The molecule has 11 heteroatoms. The summed E-state index contributed by atoms with van der Waals surface area (Å²) < 4.78 is 19.4. The summed E-state index contributed by atoms with van der Waals surface area (Å²) in [4.78, 5) is 32.3. The number of aromatic nitrogens is 5. The molecule has 162 valence electrons. The second kappa shape index (κ2) is 9.52. The predicted octanol–water partition coefficient (Wildman–Crippen LogP) is 2.93. The summed E-state index contributed by atoms with van der Waals surface area (Å²) in [6.45, 7) is 0.375. The van der Waals surface area contributed by atoms with E-state index in [1.807, 2.05) is 0 Å². The number of hydrogen-bond donors (Lipinski definition) is 1. The highest BCUT2D eigenvalue weighted by Crippen LogP contribution is 2.23. The van der Waals surface area contributed by atoms with Crippen molar-refractivity contribution >= 4 is 40.5 Å². The Morgan fingerprint density at radius 2 is 1.84 bits per heavy atom. The van der Waals surface area contributed by atoms with Gasteiger partial charge in [-0.3, -0.25) is 4.79 Å². The summed E-state index contributed by atoms with van der Waals surface area (Å²) in [5.74, 6) is -0.906. The van der Waals surface area contributed by atoms with Gasteiger partial charge in [0.25, 0.3) is 0 Å². The van der Waals surface area contributed by atoms with Crippen LogP contribution in [0.3, 0.4) is 0 Å². The number of ether oxygens (including phenoxy) is 1. The number of carbonyl (C=O) groups excluding carboxylic acids is 2. The van der Waals surface area contributed by atoms with Gasteiger partial charge in [-0.05, 0) is 42.0 Å². The fraction of sp³-hybridized carbons (Fsp3) is 0.143. The van der Waals surface area contributed by atoms with Crippen LogP contribution in [0.5, 0.6) is 0 Å². The Labute approximate surface area is 186 Å². The highest BCUT2D eigenvalue weighted by molar-refractivity contribution is 8.00. The van der Waals surface area contributed by atoms with Gasteiger partial charge in [-0.25, -0.2) is 23.8 Å². The summed E-state index contributed by atoms with van der Waals surface area (Å²) in [5.41, 5.74) is 2.80. The van der Waals surface area contributed by atoms with Gasteiger partial charge in [0.2, 0.25) is 5.91 Å². The standard InChI is InChI=1S/C21H17FN6O3S/c1-31-21(30)14-4-8-16(9-5-14)25-17(29)11-32-20-18-19(23-12-24-20)28(27-26-18)10-13-2-6-15(22)7-3-13/h2-9,12H,10-11H2,1H3,(H,25,29). The number of amides is 1. The summed E-state index contributed by atoms with van der Waals surface area (Å²) in [5, 5.41) is 11.5. The lowest BCUT2D eigenvalue weighted by molar-refractivity contribution is -0.113. The van der Waals surface area contributed by atoms with E-state index in [0.717, 1.165) is 5.56 Å². The van der Waals surface area contributed by atoms with Crippen molar-refractivity contribution in [2.45, 2.75) is 11.6 Å². The number of methoxy groups -OCH3 is 1. The Hall–Kier alpha value is -3.86. The Balaban J connectivity index is 1.41. The van der Waals surface area contributed by atoms with E-state index in [1.54, 1.807) is 41.1 Å². The van der Waals surface area contributed by atoms with Crippen LogP contribution in [0.1, 0.15) is 15.9 Å². The molecule has 0 aliphatic heterocycles. The second-order valence-corrected chi connectivity index (χ2v) is 7.59. The minimum Gasteiger partial charge on any atom is -0.465 e.